The van der Waals surface area contributed by atoms with Crippen LogP contribution in [-0.4, -0.2) is 42.0 Å². The van der Waals surface area contributed by atoms with Gasteiger partial charge in [-0.2, -0.15) is 0 Å². The Balaban J connectivity index is 1.40. The molecule has 7 heteroatoms. The summed E-state index contributed by atoms with van der Waals surface area (Å²) in [5.74, 6) is -0.254. The smallest absolute Gasteiger partial charge is 0.246 e. The van der Waals surface area contributed by atoms with E-state index in [9.17, 15) is 9.18 Å². The van der Waals surface area contributed by atoms with Crippen LogP contribution in [-0.2, 0) is 4.79 Å². The molecule has 1 amide bonds. The Morgan fingerprint density at radius 1 is 1.16 bits per heavy atom. The number of carbonyl (C=O) groups excluding carboxylic acids is 1. The summed E-state index contributed by atoms with van der Waals surface area (Å²) in [7, 11) is 0. The van der Waals surface area contributed by atoms with Crippen molar-refractivity contribution in [1.82, 2.24) is 9.88 Å². The first-order chi connectivity index (χ1) is 12.2. The van der Waals surface area contributed by atoms with Gasteiger partial charge in [0.15, 0.2) is 5.13 Å². The second-order valence-corrected chi connectivity index (χ2v) is 7.73. The number of amides is 1. The standard InChI is InChI=1S/C18H16FN3OS2/c19-14-4-1-5-15-17(14)20-18(25-15)22-10-8-21(9-11-22)16(23)7-6-13-3-2-12-24-13/h1-7,12H,8-11H2/b7-6+. The van der Waals surface area contributed by atoms with Gasteiger partial charge in [0.1, 0.15) is 11.3 Å². The summed E-state index contributed by atoms with van der Waals surface area (Å²) >= 11 is 3.10. The van der Waals surface area contributed by atoms with Gasteiger partial charge in [-0.15, -0.1) is 11.3 Å². The van der Waals surface area contributed by atoms with E-state index in [1.807, 2.05) is 34.6 Å². The molecule has 128 valence electrons. The zero-order chi connectivity index (χ0) is 17.2. The fourth-order valence-electron chi connectivity index (χ4n) is 2.80. The molecule has 0 saturated carbocycles. The summed E-state index contributed by atoms with van der Waals surface area (Å²) in [5.41, 5.74) is 0.430. The number of rotatable bonds is 3. The molecule has 1 saturated heterocycles. The van der Waals surface area contributed by atoms with Gasteiger partial charge in [-0.1, -0.05) is 23.5 Å². The molecular formula is C18H16FN3OS2. The van der Waals surface area contributed by atoms with Crippen molar-refractivity contribution in [1.29, 1.82) is 0 Å². The average Bonchev–Trinajstić information content (AvgIpc) is 3.30. The van der Waals surface area contributed by atoms with Crippen LogP contribution in [0.2, 0.25) is 0 Å². The van der Waals surface area contributed by atoms with Crippen molar-refractivity contribution in [3.63, 3.8) is 0 Å². The van der Waals surface area contributed by atoms with Gasteiger partial charge in [0.25, 0.3) is 0 Å². The number of benzene rings is 1. The van der Waals surface area contributed by atoms with Crippen LogP contribution in [0.5, 0.6) is 0 Å². The summed E-state index contributed by atoms with van der Waals surface area (Å²) < 4.78 is 14.7. The van der Waals surface area contributed by atoms with Crippen LogP contribution in [0.4, 0.5) is 9.52 Å². The highest BCUT2D eigenvalue weighted by molar-refractivity contribution is 7.22. The molecule has 0 atom stereocenters. The monoisotopic (exact) mass is 373 g/mol. The van der Waals surface area contributed by atoms with Crippen molar-refractivity contribution < 1.29 is 9.18 Å². The zero-order valence-corrected chi connectivity index (χ0v) is 15.0. The molecule has 3 heterocycles. The molecule has 0 N–H and O–H groups in total. The Kier molecular flexibility index (Phi) is 4.50. The van der Waals surface area contributed by atoms with Crippen LogP contribution in [0, 0.1) is 5.82 Å². The van der Waals surface area contributed by atoms with Gasteiger partial charge in [-0.05, 0) is 29.7 Å². The lowest BCUT2D eigenvalue weighted by Gasteiger charge is -2.34. The molecule has 4 nitrogen and oxygen atoms in total. The van der Waals surface area contributed by atoms with Gasteiger partial charge in [-0.25, -0.2) is 9.37 Å². The quantitative estimate of drug-likeness (QED) is 0.654. The van der Waals surface area contributed by atoms with Crippen molar-refractivity contribution in [2.24, 2.45) is 0 Å². The molecular weight excluding hydrogens is 357 g/mol. The fraction of sp³-hybridized carbons (Fsp3) is 0.222. The molecule has 4 rings (SSSR count). The van der Waals surface area contributed by atoms with Gasteiger partial charge in [0.05, 0.1) is 4.70 Å². The topological polar surface area (TPSA) is 36.4 Å². The second kappa shape index (κ2) is 6.93. The minimum Gasteiger partial charge on any atom is -0.345 e. The van der Waals surface area contributed by atoms with Crippen LogP contribution >= 0.6 is 22.7 Å². The van der Waals surface area contributed by atoms with Crippen molar-refractivity contribution in [3.05, 3.63) is 52.5 Å². The van der Waals surface area contributed by atoms with E-state index in [4.69, 9.17) is 0 Å². The Hall–Kier alpha value is -2.25. The van der Waals surface area contributed by atoms with E-state index in [2.05, 4.69) is 9.88 Å². The Bertz CT molecular complexity index is 912. The van der Waals surface area contributed by atoms with Gasteiger partial charge in [0, 0.05) is 37.1 Å². The molecule has 0 spiro atoms. The van der Waals surface area contributed by atoms with E-state index in [1.165, 1.54) is 17.4 Å². The van der Waals surface area contributed by atoms with Crippen LogP contribution in [0.15, 0.2) is 41.8 Å². The van der Waals surface area contributed by atoms with Crippen molar-refractivity contribution >= 4 is 50.0 Å². The summed E-state index contributed by atoms with van der Waals surface area (Å²) in [5, 5.41) is 2.81. The largest absolute Gasteiger partial charge is 0.345 e. The van der Waals surface area contributed by atoms with Gasteiger partial charge in [0.2, 0.25) is 5.91 Å². The number of fused-ring (bicyclic) bond motifs is 1. The minimum absolute atomic E-state index is 0.0309. The minimum atomic E-state index is -0.285. The molecule has 0 unspecified atom stereocenters. The molecule has 0 radical (unpaired) electrons. The number of nitrogens with zero attached hydrogens (tertiary/aromatic N) is 3. The van der Waals surface area contributed by atoms with Crippen molar-refractivity contribution in [2.75, 3.05) is 31.1 Å². The molecule has 0 bridgehead atoms. The highest BCUT2D eigenvalue weighted by Gasteiger charge is 2.22. The molecule has 3 aromatic rings. The lowest BCUT2D eigenvalue weighted by atomic mass is 10.3. The number of piperazine rings is 1. The van der Waals surface area contributed by atoms with E-state index in [1.54, 1.807) is 23.5 Å². The maximum atomic E-state index is 13.8. The second-order valence-electron chi connectivity index (χ2n) is 5.74. The molecule has 1 aliphatic rings. The SMILES string of the molecule is O=C(/C=C/c1cccs1)N1CCN(c2nc3c(F)cccc3s2)CC1. The number of hydrogen-bond donors (Lipinski definition) is 0. The number of anilines is 1. The number of halogens is 1. The van der Waals surface area contributed by atoms with E-state index >= 15 is 0 Å². The Morgan fingerprint density at radius 3 is 2.72 bits per heavy atom. The van der Waals surface area contributed by atoms with E-state index in [-0.39, 0.29) is 11.7 Å². The predicted molar refractivity (Wildman–Crippen MR) is 102 cm³/mol. The van der Waals surface area contributed by atoms with E-state index in [0.29, 0.717) is 31.7 Å². The Labute approximate surface area is 152 Å². The number of thiazole rings is 1. The third kappa shape index (κ3) is 3.43. The third-order valence-corrected chi connectivity index (χ3v) is 6.07. The number of hydrogen-bond acceptors (Lipinski definition) is 5. The predicted octanol–water partition coefficient (Wildman–Crippen LogP) is 3.86. The van der Waals surface area contributed by atoms with Gasteiger partial charge >= 0.3 is 0 Å². The first-order valence-electron chi connectivity index (χ1n) is 8.01. The molecule has 2 aromatic heterocycles. The number of carbonyl (C=O) groups is 1. The van der Waals surface area contributed by atoms with Gasteiger partial charge in [-0.3, -0.25) is 4.79 Å². The molecule has 1 aromatic carbocycles. The highest BCUT2D eigenvalue weighted by atomic mass is 32.1. The molecule has 25 heavy (non-hydrogen) atoms. The van der Waals surface area contributed by atoms with Gasteiger partial charge < -0.3 is 9.80 Å². The normalized spacial score (nSPS) is 15.4. The maximum Gasteiger partial charge on any atom is 0.246 e. The fourth-order valence-corrected chi connectivity index (χ4v) is 4.45. The summed E-state index contributed by atoms with van der Waals surface area (Å²) in [6.07, 6.45) is 3.49. The maximum absolute atomic E-state index is 13.8. The zero-order valence-electron chi connectivity index (χ0n) is 13.4. The first kappa shape index (κ1) is 16.2. The van der Waals surface area contributed by atoms with Crippen LogP contribution in [0.25, 0.3) is 16.3 Å². The highest BCUT2D eigenvalue weighted by Crippen LogP contribution is 2.30. The van der Waals surface area contributed by atoms with Crippen molar-refractivity contribution in [2.45, 2.75) is 0 Å². The average molecular weight is 373 g/mol. The van der Waals surface area contributed by atoms with Crippen molar-refractivity contribution in [3.8, 4) is 0 Å². The van der Waals surface area contributed by atoms with Crippen LogP contribution in [0.3, 0.4) is 0 Å². The van der Waals surface area contributed by atoms with E-state index in [0.717, 1.165) is 14.7 Å². The van der Waals surface area contributed by atoms with Crippen LogP contribution in [0.1, 0.15) is 4.88 Å². The molecule has 0 aliphatic carbocycles. The first-order valence-corrected chi connectivity index (χ1v) is 9.71. The molecule has 1 fully saturated rings. The summed E-state index contributed by atoms with van der Waals surface area (Å²) in [6.45, 7) is 2.71. The Morgan fingerprint density at radius 2 is 2.00 bits per heavy atom. The summed E-state index contributed by atoms with van der Waals surface area (Å²) in [6, 6.07) is 8.97. The molecule has 1 aliphatic heterocycles. The lowest BCUT2D eigenvalue weighted by molar-refractivity contribution is -0.126. The number of thiophene rings is 1. The summed E-state index contributed by atoms with van der Waals surface area (Å²) in [4.78, 5) is 21.8. The third-order valence-electron chi connectivity index (χ3n) is 4.15. The number of aromatic nitrogens is 1. The lowest BCUT2D eigenvalue weighted by Crippen LogP contribution is -2.48. The van der Waals surface area contributed by atoms with E-state index < -0.39 is 0 Å². The number of para-hydroxylation sites is 1. The van der Waals surface area contributed by atoms with Crippen LogP contribution < -0.4 is 4.90 Å².